The van der Waals surface area contributed by atoms with Crippen LogP contribution in [0.5, 0.6) is 0 Å². The molecule has 3 aromatic rings. The molecule has 9 heteroatoms. The number of anilines is 1. The van der Waals surface area contributed by atoms with Gasteiger partial charge >= 0.3 is 5.69 Å². The Kier molecular flexibility index (Phi) is 4.44. The molecule has 0 aliphatic carbocycles. The first-order valence-corrected chi connectivity index (χ1v) is 12.0. The first-order valence-electron chi connectivity index (χ1n) is 10.9. The Morgan fingerprint density at radius 3 is 2.79 bits per heavy atom. The summed E-state index contributed by atoms with van der Waals surface area (Å²) in [6.45, 7) is 3.57. The lowest BCUT2D eigenvalue weighted by molar-refractivity contribution is -0.386. The number of hydrogen-bond acceptors (Lipinski definition) is 7. The lowest BCUT2D eigenvalue weighted by Crippen LogP contribution is -2.50. The number of fused-ring (bicyclic) bond motifs is 4. The van der Waals surface area contributed by atoms with Crippen molar-refractivity contribution in [2.75, 3.05) is 16.9 Å². The van der Waals surface area contributed by atoms with E-state index in [0.717, 1.165) is 28.1 Å². The number of thioether (sulfide) groups is 1. The van der Waals surface area contributed by atoms with Crippen LogP contribution in [0.1, 0.15) is 40.0 Å². The third-order valence-corrected chi connectivity index (χ3v) is 8.32. The second-order valence-corrected chi connectivity index (χ2v) is 9.96. The molecule has 4 heterocycles. The molecular weight excluding hydrogens is 440 g/mol. The monoisotopic (exact) mass is 462 g/mol. The fourth-order valence-electron chi connectivity index (χ4n) is 6.05. The highest BCUT2D eigenvalue weighted by atomic mass is 32.2. The summed E-state index contributed by atoms with van der Waals surface area (Å²) in [6.07, 6.45) is 0. The standard InChI is InChI=1S/C24H22N4O4S/c1-13-8-9-17-16(10-13)24(23(29)25-17)20(22-21(28(30)31)14(2)26-32-22)19(15-6-4-3-5-7-15)18-11-33-12-27(18)24/h3-10,18-20H,11-12H2,1-2H3,(H,25,29)/t18-,19-,20-,24+/m1/s1. The van der Waals surface area contributed by atoms with Gasteiger partial charge in [-0.2, -0.15) is 0 Å². The molecule has 168 valence electrons. The van der Waals surface area contributed by atoms with E-state index in [-0.39, 0.29) is 35.0 Å². The fourth-order valence-corrected chi connectivity index (χ4v) is 7.37. The van der Waals surface area contributed by atoms with E-state index in [4.69, 9.17) is 4.52 Å². The Balaban J connectivity index is 1.69. The van der Waals surface area contributed by atoms with Crippen molar-refractivity contribution in [1.82, 2.24) is 10.1 Å². The number of carbonyl (C=O) groups excluding carboxylic acids is 1. The van der Waals surface area contributed by atoms with Gasteiger partial charge in [-0.25, -0.2) is 0 Å². The molecule has 3 aliphatic rings. The molecule has 2 fully saturated rings. The quantitative estimate of drug-likeness (QED) is 0.457. The van der Waals surface area contributed by atoms with Gasteiger partial charge in [0.05, 0.1) is 10.8 Å². The molecule has 0 unspecified atom stereocenters. The minimum absolute atomic E-state index is 0.0182. The molecular formula is C24H22N4O4S. The topological polar surface area (TPSA) is 102 Å². The normalized spacial score (nSPS) is 28.2. The van der Waals surface area contributed by atoms with Crippen LogP contribution in [0.2, 0.25) is 0 Å². The number of hydrogen-bond donors (Lipinski definition) is 1. The number of aryl methyl sites for hydroxylation is 2. The molecule has 3 aliphatic heterocycles. The summed E-state index contributed by atoms with van der Waals surface area (Å²) in [5.41, 5.74) is 2.63. The van der Waals surface area contributed by atoms with Gasteiger partial charge in [-0.05, 0) is 25.5 Å². The molecule has 1 N–H and O–H groups in total. The summed E-state index contributed by atoms with van der Waals surface area (Å²) in [6, 6.07) is 15.9. The van der Waals surface area contributed by atoms with Crippen molar-refractivity contribution >= 4 is 29.0 Å². The maximum absolute atomic E-state index is 14.0. The first-order chi connectivity index (χ1) is 15.9. The highest BCUT2D eigenvalue weighted by Crippen LogP contribution is 2.65. The highest BCUT2D eigenvalue weighted by molar-refractivity contribution is 7.99. The molecule has 1 spiro atoms. The van der Waals surface area contributed by atoms with E-state index >= 15 is 0 Å². The van der Waals surface area contributed by atoms with Gasteiger partial charge in [0, 0.05) is 34.8 Å². The number of benzene rings is 2. The van der Waals surface area contributed by atoms with E-state index in [0.29, 0.717) is 5.88 Å². The van der Waals surface area contributed by atoms with Gasteiger partial charge in [0.1, 0.15) is 5.54 Å². The molecule has 0 bridgehead atoms. The van der Waals surface area contributed by atoms with Crippen LogP contribution in [0.15, 0.2) is 53.1 Å². The van der Waals surface area contributed by atoms with Crippen molar-refractivity contribution in [3.8, 4) is 0 Å². The number of amides is 1. The van der Waals surface area contributed by atoms with Crippen molar-refractivity contribution in [3.63, 3.8) is 0 Å². The Labute approximate surface area is 194 Å². The zero-order valence-corrected chi connectivity index (χ0v) is 19.0. The van der Waals surface area contributed by atoms with E-state index < -0.39 is 16.4 Å². The van der Waals surface area contributed by atoms with Gasteiger partial charge in [-0.3, -0.25) is 19.8 Å². The van der Waals surface area contributed by atoms with Crippen molar-refractivity contribution in [2.45, 2.75) is 37.3 Å². The second-order valence-electron chi connectivity index (χ2n) is 8.96. The van der Waals surface area contributed by atoms with Crippen LogP contribution >= 0.6 is 11.8 Å². The van der Waals surface area contributed by atoms with Crippen LogP contribution in [0.4, 0.5) is 11.4 Å². The third kappa shape index (κ3) is 2.63. The lowest BCUT2D eigenvalue weighted by Gasteiger charge is -2.36. The fraction of sp³-hybridized carbons (Fsp3) is 0.333. The molecule has 8 nitrogen and oxygen atoms in total. The molecule has 0 saturated carbocycles. The van der Waals surface area contributed by atoms with Crippen LogP contribution in [-0.4, -0.2) is 38.6 Å². The zero-order chi connectivity index (χ0) is 22.9. The van der Waals surface area contributed by atoms with E-state index in [2.05, 4.69) is 15.4 Å². The first kappa shape index (κ1) is 20.4. The molecule has 1 amide bonds. The number of rotatable bonds is 3. The van der Waals surface area contributed by atoms with Gasteiger partial charge < -0.3 is 9.84 Å². The smallest absolute Gasteiger partial charge is 0.334 e. The summed E-state index contributed by atoms with van der Waals surface area (Å²) < 4.78 is 5.73. The van der Waals surface area contributed by atoms with Crippen molar-refractivity contribution < 1.29 is 14.2 Å². The van der Waals surface area contributed by atoms with E-state index in [1.54, 1.807) is 18.7 Å². The van der Waals surface area contributed by atoms with Crippen molar-refractivity contribution in [1.29, 1.82) is 0 Å². The predicted molar refractivity (Wildman–Crippen MR) is 124 cm³/mol. The van der Waals surface area contributed by atoms with E-state index in [1.165, 1.54) is 0 Å². The molecule has 1 aromatic heterocycles. The molecule has 33 heavy (non-hydrogen) atoms. The van der Waals surface area contributed by atoms with Gasteiger partial charge in [0.15, 0.2) is 5.69 Å². The molecule has 6 rings (SSSR count). The van der Waals surface area contributed by atoms with Crippen LogP contribution in [0, 0.1) is 24.0 Å². The van der Waals surface area contributed by atoms with Gasteiger partial charge in [0.2, 0.25) is 11.7 Å². The minimum atomic E-state index is -1.12. The average Bonchev–Trinajstić information content (AvgIpc) is 3.53. The number of carbonyl (C=O) groups is 1. The van der Waals surface area contributed by atoms with Gasteiger partial charge in [0.25, 0.3) is 0 Å². The van der Waals surface area contributed by atoms with Gasteiger partial charge in [-0.1, -0.05) is 53.2 Å². The number of nitrogens with zero attached hydrogens (tertiary/aromatic N) is 3. The molecule has 2 saturated heterocycles. The van der Waals surface area contributed by atoms with Crippen LogP contribution in [-0.2, 0) is 10.3 Å². The molecule has 2 aromatic carbocycles. The Morgan fingerprint density at radius 2 is 2.03 bits per heavy atom. The Bertz CT molecular complexity index is 1290. The lowest BCUT2D eigenvalue weighted by atomic mass is 9.71. The molecule has 4 atom stereocenters. The molecule has 0 radical (unpaired) electrons. The largest absolute Gasteiger partial charge is 0.353 e. The summed E-state index contributed by atoms with van der Waals surface area (Å²) in [5.74, 6) is 0.719. The Hall–Kier alpha value is -3.17. The summed E-state index contributed by atoms with van der Waals surface area (Å²) in [5, 5.41) is 19.2. The maximum Gasteiger partial charge on any atom is 0.334 e. The van der Waals surface area contributed by atoms with Gasteiger partial charge in [-0.15, -0.1) is 11.8 Å². The average molecular weight is 463 g/mol. The summed E-state index contributed by atoms with van der Waals surface area (Å²) >= 11 is 1.78. The van der Waals surface area contributed by atoms with E-state index in [1.807, 2.05) is 55.5 Å². The zero-order valence-electron chi connectivity index (χ0n) is 18.1. The number of nitro groups is 1. The SMILES string of the molecule is Cc1ccc2c(c1)[C@@]1(C(=O)N2)[C@@H](c2onc(C)c2[N+](=O)[O-])[C@H](c2ccccc2)[C@H]2CSCN21. The van der Waals surface area contributed by atoms with Crippen LogP contribution < -0.4 is 5.32 Å². The number of aromatic nitrogens is 1. The van der Waals surface area contributed by atoms with Crippen LogP contribution in [0.25, 0.3) is 0 Å². The predicted octanol–water partition coefficient (Wildman–Crippen LogP) is 4.30. The summed E-state index contributed by atoms with van der Waals surface area (Å²) in [7, 11) is 0. The van der Waals surface area contributed by atoms with E-state index in [9.17, 15) is 14.9 Å². The van der Waals surface area contributed by atoms with Crippen molar-refractivity contribution in [3.05, 3.63) is 86.8 Å². The van der Waals surface area contributed by atoms with Crippen LogP contribution in [0.3, 0.4) is 0 Å². The van der Waals surface area contributed by atoms with Crippen molar-refractivity contribution in [2.24, 2.45) is 0 Å². The number of nitrogens with one attached hydrogen (secondary N) is 1. The third-order valence-electron chi connectivity index (χ3n) is 7.28. The highest BCUT2D eigenvalue weighted by Gasteiger charge is 2.70. The second kappa shape index (κ2) is 7.16. The maximum atomic E-state index is 14.0. The summed E-state index contributed by atoms with van der Waals surface area (Å²) in [4.78, 5) is 27.9. The Morgan fingerprint density at radius 1 is 1.24 bits per heavy atom. The minimum Gasteiger partial charge on any atom is -0.353 e.